The molecule has 7 heteroatoms. The molecule has 2 aliphatic rings. The van der Waals surface area contributed by atoms with Crippen LogP contribution in [-0.2, 0) is 11.2 Å². The number of hydrogen-bond acceptors (Lipinski definition) is 5. The Morgan fingerprint density at radius 1 is 0.914 bits per heavy atom. The summed E-state index contributed by atoms with van der Waals surface area (Å²) in [6.45, 7) is 5.24. The second kappa shape index (κ2) is 10.0. The Hall–Kier alpha value is -3.51. The number of aliphatic imine (C=N–C) groups is 1. The van der Waals surface area contributed by atoms with Gasteiger partial charge in [-0.15, -0.1) is 0 Å². The van der Waals surface area contributed by atoms with Crippen LogP contribution in [0.25, 0.3) is 0 Å². The fraction of sp³-hybridized carbons (Fsp3) is 0.286. The van der Waals surface area contributed by atoms with Crippen LogP contribution in [0.1, 0.15) is 11.1 Å². The fourth-order valence-electron chi connectivity index (χ4n) is 4.80. The van der Waals surface area contributed by atoms with Crippen molar-refractivity contribution in [1.82, 2.24) is 4.90 Å². The number of anilines is 2. The summed E-state index contributed by atoms with van der Waals surface area (Å²) in [7, 11) is 1.63. The average molecular weight is 489 g/mol. The van der Waals surface area contributed by atoms with E-state index in [1.165, 1.54) is 5.56 Å². The van der Waals surface area contributed by atoms with Crippen LogP contribution in [0.3, 0.4) is 0 Å². The van der Waals surface area contributed by atoms with Crippen molar-refractivity contribution >= 4 is 34.8 Å². The van der Waals surface area contributed by atoms with Crippen LogP contribution in [0.4, 0.5) is 11.4 Å². The SMILES string of the molecule is COc1ccccc1N1C(=O)C(Cc2ccccc2)N=C1N1CCN(c2cc(Cl)ccc2C)CC1. The van der Waals surface area contributed by atoms with Crippen LogP contribution in [0, 0.1) is 6.92 Å². The zero-order chi connectivity index (χ0) is 24.4. The van der Waals surface area contributed by atoms with Gasteiger partial charge in [0, 0.05) is 43.3 Å². The summed E-state index contributed by atoms with van der Waals surface area (Å²) in [6.07, 6.45) is 0.566. The van der Waals surface area contributed by atoms with Gasteiger partial charge in [-0.3, -0.25) is 4.79 Å². The van der Waals surface area contributed by atoms with Crippen molar-refractivity contribution in [2.24, 2.45) is 4.99 Å². The molecule has 0 N–H and O–H groups in total. The quantitative estimate of drug-likeness (QED) is 0.518. The number of carbonyl (C=O) groups excluding carboxylic acids is 1. The third-order valence-corrected chi connectivity index (χ3v) is 6.88. The number of methoxy groups -OCH3 is 1. The van der Waals surface area contributed by atoms with E-state index in [9.17, 15) is 4.79 Å². The number of halogens is 1. The molecule has 1 unspecified atom stereocenters. The zero-order valence-corrected chi connectivity index (χ0v) is 20.8. The highest BCUT2D eigenvalue weighted by molar-refractivity contribution is 6.30. The number of aryl methyl sites for hydroxylation is 1. The van der Waals surface area contributed by atoms with Gasteiger partial charge in [0.1, 0.15) is 11.8 Å². The molecule has 0 aliphatic carbocycles. The predicted octanol–water partition coefficient (Wildman–Crippen LogP) is 4.79. The first kappa shape index (κ1) is 23.2. The number of carbonyl (C=O) groups is 1. The first-order valence-electron chi connectivity index (χ1n) is 11.9. The molecule has 180 valence electrons. The normalized spacial score (nSPS) is 18.1. The molecule has 1 atom stereocenters. The van der Waals surface area contributed by atoms with Gasteiger partial charge in [-0.05, 0) is 42.3 Å². The topological polar surface area (TPSA) is 48.4 Å². The van der Waals surface area contributed by atoms with Crippen molar-refractivity contribution < 1.29 is 9.53 Å². The minimum atomic E-state index is -0.467. The number of hydrogen-bond donors (Lipinski definition) is 0. The highest BCUT2D eigenvalue weighted by atomic mass is 35.5. The number of piperazine rings is 1. The lowest BCUT2D eigenvalue weighted by molar-refractivity contribution is -0.118. The highest BCUT2D eigenvalue weighted by Gasteiger charge is 2.40. The maximum atomic E-state index is 13.7. The molecule has 2 aliphatic heterocycles. The molecule has 0 aromatic heterocycles. The summed E-state index contributed by atoms with van der Waals surface area (Å²) in [5.41, 5.74) is 4.18. The summed E-state index contributed by atoms with van der Waals surface area (Å²) in [4.78, 5) is 25.0. The molecule has 1 amide bonds. The van der Waals surface area contributed by atoms with Gasteiger partial charge < -0.3 is 14.5 Å². The molecular formula is C28H29ClN4O2. The Labute approximate surface area is 211 Å². The Morgan fingerprint density at radius 2 is 1.60 bits per heavy atom. The van der Waals surface area contributed by atoms with Gasteiger partial charge in [-0.1, -0.05) is 60.1 Å². The van der Waals surface area contributed by atoms with Crippen LogP contribution < -0.4 is 14.5 Å². The van der Waals surface area contributed by atoms with E-state index in [-0.39, 0.29) is 5.91 Å². The molecule has 0 bridgehead atoms. The second-order valence-electron chi connectivity index (χ2n) is 8.89. The summed E-state index contributed by atoms with van der Waals surface area (Å²) >= 11 is 6.27. The smallest absolute Gasteiger partial charge is 0.259 e. The Kier molecular flexibility index (Phi) is 6.64. The minimum absolute atomic E-state index is 0.0264. The zero-order valence-electron chi connectivity index (χ0n) is 20.0. The molecule has 3 aromatic carbocycles. The van der Waals surface area contributed by atoms with E-state index < -0.39 is 6.04 Å². The van der Waals surface area contributed by atoms with Crippen LogP contribution in [0.15, 0.2) is 77.8 Å². The van der Waals surface area contributed by atoms with E-state index in [0.29, 0.717) is 18.1 Å². The van der Waals surface area contributed by atoms with Gasteiger partial charge in [-0.25, -0.2) is 9.89 Å². The van der Waals surface area contributed by atoms with Crippen LogP contribution in [0.2, 0.25) is 5.02 Å². The molecule has 1 saturated heterocycles. The lowest BCUT2D eigenvalue weighted by Crippen LogP contribution is -2.53. The Balaban J connectivity index is 1.42. The van der Waals surface area contributed by atoms with E-state index in [1.54, 1.807) is 12.0 Å². The molecule has 0 radical (unpaired) electrons. The third kappa shape index (κ3) is 4.71. The summed E-state index contributed by atoms with van der Waals surface area (Å²) in [5.74, 6) is 1.33. The standard InChI is InChI=1S/C28H29ClN4O2/c1-20-12-13-22(29)19-25(20)31-14-16-32(17-15-31)28-30-23(18-21-8-4-3-5-9-21)27(34)33(28)24-10-6-7-11-26(24)35-2/h3-13,19,23H,14-18H2,1-2H3. The van der Waals surface area contributed by atoms with E-state index >= 15 is 0 Å². The number of para-hydroxylation sites is 2. The number of amides is 1. The number of ether oxygens (including phenoxy) is 1. The first-order valence-corrected chi connectivity index (χ1v) is 12.3. The summed E-state index contributed by atoms with van der Waals surface area (Å²) in [6, 6.07) is 23.2. The van der Waals surface area contributed by atoms with E-state index in [4.69, 9.17) is 21.3 Å². The molecule has 1 fully saturated rings. The van der Waals surface area contributed by atoms with Crippen molar-refractivity contribution in [2.75, 3.05) is 43.1 Å². The molecule has 5 rings (SSSR count). The van der Waals surface area contributed by atoms with Crippen LogP contribution in [0.5, 0.6) is 5.75 Å². The second-order valence-corrected chi connectivity index (χ2v) is 9.32. The number of benzene rings is 3. The molecule has 0 spiro atoms. The Morgan fingerprint density at radius 3 is 2.34 bits per heavy atom. The van der Waals surface area contributed by atoms with Gasteiger partial charge in [-0.2, -0.15) is 0 Å². The average Bonchev–Trinajstić information content (AvgIpc) is 3.21. The molecule has 2 heterocycles. The largest absolute Gasteiger partial charge is 0.495 e. The van der Waals surface area contributed by atoms with Crippen molar-refractivity contribution in [3.8, 4) is 5.75 Å². The van der Waals surface area contributed by atoms with Gasteiger partial charge >= 0.3 is 0 Å². The van der Waals surface area contributed by atoms with Crippen molar-refractivity contribution in [3.05, 3.63) is 88.9 Å². The summed E-state index contributed by atoms with van der Waals surface area (Å²) in [5, 5.41) is 0.741. The van der Waals surface area contributed by atoms with Crippen molar-refractivity contribution in [1.29, 1.82) is 0 Å². The van der Waals surface area contributed by atoms with E-state index in [0.717, 1.165) is 48.1 Å². The van der Waals surface area contributed by atoms with Gasteiger partial charge in [0.05, 0.1) is 12.8 Å². The van der Waals surface area contributed by atoms with Crippen molar-refractivity contribution in [2.45, 2.75) is 19.4 Å². The molecule has 3 aromatic rings. The lowest BCUT2D eigenvalue weighted by Gasteiger charge is -2.39. The highest BCUT2D eigenvalue weighted by Crippen LogP contribution is 2.33. The van der Waals surface area contributed by atoms with Gasteiger partial charge in [0.25, 0.3) is 5.91 Å². The third-order valence-electron chi connectivity index (χ3n) is 6.65. The molecule has 35 heavy (non-hydrogen) atoms. The van der Waals surface area contributed by atoms with Crippen LogP contribution >= 0.6 is 11.6 Å². The van der Waals surface area contributed by atoms with Crippen molar-refractivity contribution in [3.63, 3.8) is 0 Å². The molecular weight excluding hydrogens is 460 g/mol. The lowest BCUT2D eigenvalue weighted by atomic mass is 10.1. The van der Waals surface area contributed by atoms with E-state index in [1.807, 2.05) is 66.7 Å². The maximum absolute atomic E-state index is 13.7. The molecule has 0 saturated carbocycles. The number of nitrogens with zero attached hydrogens (tertiary/aromatic N) is 4. The maximum Gasteiger partial charge on any atom is 0.259 e. The first-order chi connectivity index (χ1) is 17.0. The Bertz CT molecular complexity index is 1240. The number of rotatable bonds is 5. The van der Waals surface area contributed by atoms with Crippen LogP contribution in [-0.4, -0.2) is 56.1 Å². The summed E-state index contributed by atoms with van der Waals surface area (Å²) < 4.78 is 5.61. The molecule has 6 nitrogen and oxygen atoms in total. The monoisotopic (exact) mass is 488 g/mol. The predicted molar refractivity (Wildman–Crippen MR) is 142 cm³/mol. The van der Waals surface area contributed by atoms with Gasteiger partial charge in [0.2, 0.25) is 5.96 Å². The van der Waals surface area contributed by atoms with E-state index in [2.05, 4.69) is 22.8 Å². The minimum Gasteiger partial charge on any atom is -0.495 e. The number of guanidine groups is 1. The fourth-order valence-corrected chi connectivity index (χ4v) is 4.97. The van der Waals surface area contributed by atoms with Gasteiger partial charge in [0.15, 0.2) is 0 Å².